The molecule has 0 radical (unpaired) electrons. The number of aliphatic carboxylic acids is 1. The Labute approximate surface area is 162 Å². The lowest BCUT2D eigenvalue weighted by Gasteiger charge is -2.34. The van der Waals surface area contributed by atoms with Gasteiger partial charge in [-0.05, 0) is 44.0 Å². The van der Waals surface area contributed by atoms with Gasteiger partial charge in [0.05, 0.1) is 0 Å². The molecule has 3 rings (SSSR count). The average molecular weight is 382 g/mol. The number of likely N-dealkylation sites (tertiary alicyclic amines) is 1. The minimum atomic E-state index is -1.08. The summed E-state index contributed by atoms with van der Waals surface area (Å²) in [4.78, 5) is 38.2. The van der Waals surface area contributed by atoms with Gasteiger partial charge in [0, 0.05) is 23.9 Å². The van der Waals surface area contributed by atoms with Crippen molar-refractivity contribution in [1.29, 1.82) is 0 Å². The van der Waals surface area contributed by atoms with E-state index in [1.54, 1.807) is 60.4 Å². The second-order valence-electron chi connectivity index (χ2n) is 6.86. The second kappa shape index (κ2) is 8.12. The molecule has 1 fully saturated rings. The Morgan fingerprint density at radius 3 is 2.61 bits per heavy atom. The Morgan fingerprint density at radius 2 is 1.89 bits per heavy atom. The SMILES string of the molecule is CC1(C(=O)Nc2cccc(OCC(=O)O)c2)CCCN1C(=O)c1ccccc1. The highest BCUT2D eigenvalue weighted by molar-refractivity contribution is 6.04. The van der Waals surface area contributed by atoms with Crippen LogP contribution in [0.25, 0.3) is 0 Å². The lowest BCUT2D eigenvalue weighted by Crippen LogP contribution is -2.53. The molecule has 1 unspecified atom stereocenters. The number of nitrogens with one attached hydrogen (secondary N) is 1. The molecule has 2 aromatic rings. The van der Waals surface area contributed by atoms with Crippen molar-refractivity contribution in [2.45, 2.75) is 25.3 Å². The Bertz CT molecular complexity index is 883. The van der Waals surface area contributed by atoms with Gasteiger partial charge >= 0.3 is 5.97 Å². The number of carboxylic acids is 1. The number of anilines is 1. The molecule has 7 heteroatoms. The highest BCUT2D eigenvalue weighted by Crippen LogP contribution is 2.32. The van der Waals surface area contributed by atoms with E-state index in [1.807, 2.05) is 6.07 Å². The molecule has 0 aromatic heterocycles. The Hall–Kier alpha value is -3.35. The summed E-state index contributed by atoms with van der Waals surface area (Å²) in [7, 11) is 0. The first kappa shape index (κ1) is 19.4. The van der Waals surface area contributed by atoms with Crippen molar-refractivity contribution in [2.75, 3.05) is 18.5 Å². The van der Waals surface area contributed by atoms with Crippen LogP contribution in [0.5, 0.6) is 5.75 Å². The van der Waals surface area contributed by atoms with Crippen LogP contribution in [0.15, 0.2) is 54.6 Å². The molecule has 1 heterocycles. The van der Waals surface area contributed by atoms with Crippen LogP contribution in [0.1, 0.15) is 30.1 Å². The van der Waals surface area contributed by atoms with Crippen molar-refractivity contribution in [3.63, 3.8) is 0 Å². The zero-order valence-corrected chi connectivity index (χ0v) is 15.6. The molecule has 28 heavy (non-hydrogen) atoms. The van der Waals surface area contributed by atoms with E-state index in [0.29, 0.717) is 30.0 Å². The zero-order chi connectivity index (χ0) is 20.1. The topological polar surface area (TPSA) is 95.9 Å². The Balaban J connectivity index is 1.74. The number of benzene rings is 2. The monoisotopic (exact) mass is 382 g/mol. The lowest BCUT2D eigenvalue weighted by molar-refractivity contribution is -0.139. The summed E-state index contributed by atoms with van der Waals surface area (Å²) >= 11 is 0. The molecular weight excluding hydrogens is 360 g/mol. The first-order valence-electron chi connectivity index (χ1n) is 9.03. The van der Waals surface area contributed by atoms with E-state index in [1.165, 1.54) is 0 Å². The number of amides is 2. The molecule has 0 bridgehead atoms. The van der Waals surface area contributed by atoms with E-state index < -0.39 is 18.1 Å². The largest absolute Gasteiger partial charge is 0.482 e. The summed E-state index contributed by atoms with van der Waals surface area (Å²) in [5, 5.41) is 11.5. The number of carbonyl (C=O) groups excluding carboxylic acids is 2. The maximum Gasteiger partial charge on any atom is 0.341 e. The average Bonchev–Trinajstić information content (AvgIpc) is 3.10. The Kier molecular flexibility index (Phi) is 5.63. The molecule has 0 saturated carbocycles. The highest BCUT2D eigenvalue weighted by Gasteiger charge is 2.45. The smallest absolute Gasteiger partial charge is 0.341 e. The summed E-state index contributed by atoms with van der Waals surface area (Å²) in [6, 6.07) is 15.4. The fourth-order valence-corrected chi connectivity index (χ4v) is 3.34. The van der Waals surface area contributed by atoms with Crippen molar-refractivity contribution in [3.8, 4) is 5.75 Å². The van der Waals surface area contributed by atoms with Gasteiger partial charge in [-0.3, -0.25) is 9.59 Å². The van der Waals surface area contributed by atoms with Crippen molar-refractivity contribution < 1.29 is 24.2 Å². The van der Waals surface area contributed by atoms with E-state index in [0.717, 1.165) is 6.42 Å². The molecular formula is C21H22N2O5. The summed E-state index contributed by atoms with van der Waals surface area (Å²) in [5.74, 6) is -1.20. The minimum Gasteiger partial charge on any atom is -0.482 e. The maximum absolute atomic E-state index is 13.0. The number of nitrogens with zero attached hydrogens (tertiary/aromatic N) is 1. The van der Waals surface area contributed by atoms with Crippen molar-refractivity contribution in [1.82, 2.24) is 4.90 Å². The highest BCUT2D eigenvalue weighted by atomic mass is 16.5. The van der Waals surface area contributed by atoms with E-state index in [4.69, 9.17) is 9.84 Å². The third-order valence-corrected chi connectivity index (χ3v) is 4.85. The minimum absolute atomic E-state index is 0.172. The van der Waals surface area contributed by atoms with E-state index in [9.17, 15) is 14.4 Å². The fourth-order valence-electron chi connectivity index (χ4n) is 3.34. The molecule has 2 amide bonds. The van der Waals surface area contributed by atoms with Gasteiger partial charge < -0.3 is 20.1 Å². The van der Waals surface area contributed by atoms with Gasteiger partial charge in [-0.2, -0.15) is 0 Å². The van der Waals surface area contributed by atoms with Crippen LogP contribution in [0, 0.1) is 0 Å². The van der Waals surface area contributed by atoms with Gasteiger partial charge in [0.1, 0.15) is 11.3 Å². The molecule has 7 nitrogen and oxygen atoms in total. The van der Waals surface area contributed by atoms with Gasteiger partial charge in [-0.1, -0.05) is 24.3 Å². The third kappa shape index (κ3) is 4.14. The normalized spacial score (nSPS) is 18.5. The number of ether oxygens (including phenoxy) is 1. The summed E-state index contributed by atoms with van der Waals surface area (Å²) in [6.07, 6.45) is 1.30. The molecule has 2 N–H and O–H groups in total. The number of rotatable bonds is 6. The van der Waals surface area contributed by atoms with Gasteiger partial charge in [-0.15, -0.1) is 0 Å². The second-order valence-corrected chi connectivity index (χ2v) is 6.86. The number of hydrogen-bond donors (Lipinski definition) is 2. The van der Waals surface area contributed by atoms with Crippen LogP contribution in [-0.4, -0.2) is 46.5 Å². The number of carbonyl (C=O) groups is 3. The van der Waals surface area contributed by atoms with E-state index in [-0.39, 0.29) is 11.8 Å². The van der Waals surface area contributed by atoms with Crippen molar-refractivity contribution >= 4 is 23.5 Å². The molecule has 1 aliphatic rings. The van der Waals surface area contributed by atoms with Crippen LogP contribution in [0.2, 0.25) is 0 Å². The summed E-state index contributed by atoms with van der Waals surface area (Å²) in [6.45, 7) is 1.81. The van der Waals surface area contributed by atoms with Gasteiger partial charge in [0.15, 0.2) is 6.61 Å². The van der Waals surface area contributed by atoms with Crippen molar-refractivity contribution in [3.05, 3.63) is 60.2 Å². The first-order valence-corrected chi connectivity index (χ1v) is 9.03. The maximum atomic E-state index is 13.0. The lowest BCUT2D eigenvalue weighted by atomic mass is 9.96. The van der Waals surface area contributed by atoms with Crippen LogP contribution in [0.4, 0.5) is 5.69 Å². The quantitative estimate of drug-likeness (QED) is 0.801. The predicted octanol–water partition coefficient (Wildman–Crippen LogP) is 2.78. The molecule has 2 aromatic carbocycles. The Morgan fingerprint density at radius 1 is 1.14 bits per heavy atom. The molecule has 146 valence electrons. The molecule has 1 atom stereocenters. The van der Waals surface area contributed by atoms with E-state index >= 15 is 0 Å². The molecule has 1 aliphatic heterocycles. The molecule has 0 aliphatic carbocycles. The number of hydrogen-bond acceptors (Lipinski definition) is 4. The summed E-state index contributed by atoms with van der Waals surface area (Å²) in [5.41, 5.74) is 0.0609. The predicted molar refractivity (Wildman–Crippen MR) is 103 cm³/mol. The summed E-state index contributed by atoms with van der Waals surface area (Å²) < 4.78 is 5.14. The molecule has 1 saturated heterocycles. The van der Waals surface area contributed by atoms with Crippen LogP contribution < -0.4 is 10.1 Å². The third-order valence-electron chi connectivity index (χ3n) is 4.85. The van der Waals surface area contributed by atoms with Gasteiger partial charge in [-0.25, -0.2) is 4.79 Å². The van der Waals surface area contributed by atoms with Crippen LogP contribution in [-0.2, 0) is 9.59 Å². The van der Waals surface area contributed by atoms with Crippen LogP contribution >= 0.6 is 0 Å². The zero-order valence-electron chi connectivity index (χ0n) is 15.6. The van der Waals surface area contributed by atoms with Gasteiger partial charge in [0.25, 0.3) is 5.91 Å². The van der Waals surface area contributed by atoms with E-state index in [2.05, 4.69) is 5.32 Å². The van der Waals surface area contributed by atoms with Crippen LogP contribution in [0.3, 0.4) is 0 Å². The number of carboxylic acid groups (broad SMARTS) is 1. The van der Waals surface area contributed by atoms with Crippen molar-refractivity contribution in [2.24, 2.45) is 0 Å². The fraction of sp³-hybridized carbons (Fsp3) is 0.286. The molecule has 0 spiro atoms. The van der Waals surface area contributed by atoms with Gasteiger partial charge in [0.2, 0.25) is 5.91 Å². The first-order chi connectivity index (χ1) is 13.4. The standard InChI is InChI=1S/C21H22N2O5/c1-21(11-6-12-23(21)19(26)15-7-3-2-4-8-15)20(27)22-16-9-5-10-17(13-16)28-14-18(24)25/h2-5,7-10,13H,6,11-12,14H2,1H3,(H,22,27)(H,24,25).